The molecule has 6 aromatic carbocycles. The smallest absolute Gasteiger partial charge is 0.256 e. The molecule has 0 bridgehead atoms. The summed E-state index contributed by atoms with van der Waals surface area (Å²) in [5.41, 5.74) is 4.94. The zero-order chi connectivity index (χ0) is 41.8. The lowest BCUT2D eigenvalue weighted by atomic mass is 10.1. The standard InChI is InChI=1S/C50H32F6N2PSi2/c1-59(2,35-25-29(49(51,52)53)27-43-45(35)47-41(21-11-23-57-47)60(43)37-17-7-3-13-31(37)32-14-4-8-18-38(32)60)36-26-30(50(54,55)56)28-44-46(36)48-42(22-12-24-58-48)61(44)39-19-9-5-15-33(39)34-16-6-10-20-40(34)61/h3-28H,1-2H3/q+1/p+1. The van der Waals surface area contributed by atoms with Gasteiger partial charge in [-0.05, 0) is 95.0 Å². The minimum absolute atomic E-state index is 0.400. The van der Waals surface area contributed by atoms with Gasteiger partial charge in [-0.3, -0.25) is 4.98 Å². The molecule has 12 rings (SSSR count). The first kappa shape index (κ1) is 36.9. The summed E-state index contributed by atoms with van der Waals surface area (Å²) in [6, 6.07) is 44.9. The van der Waals surface area contributed by atoms with Crippen molar-refractivity contribution in [3.8, 4) is 44.8 Å². The van der Waals surface area contributed by atoms with E-state index in [1.165, 1.54) is 24.3 Å². The number of hydrogen-bond acceptors (Lipinski definition) is 1. The average molecular weight is 863 g/mol. The molecule has 1 N–H and O–H groups in total. The fourth-order valence-corrected chi connectivity index (χ4v) is 25.6. The minimum atomic E-state index is -4.75. The van der Waals surface area contributed by atoms with Gasteiger partial charge in [0.1, 0.15) is 10.6 Å². The predicted octanol–water partition coefficient (Wildman–Crippen LogP) is 5.84. The van der Waals surface area contributed by atoms with Crippen LogP contribution in [0.3, 0.4) is 0 Å². The SMILES string of the molecule is C[P+](C)(c1cc(C(F)(F)F)cc2c1-c1ncccc1[Si]21c2ccccc2-c2ccccc21)c1cc(C(F)(F)F)cc2c1-c1[nH+]cccc1[Si]21c2ccccc2-c2ccccc21. The molecule has 0 fully saturated rings. The molecule has 0 saturated heterocycles. The highest BCUT2D eigenvalue weighted by Crippen LogP contribution is 2.55. The van der Waals surface area contributed by atoms with E-state index in [-0.39, 0.29) is 0 Å². The minimum Gasteiger partial charge on any atom is -0.256 e. The number of nitrogens with one attached hydrogen (secondary N) is 1. The van der Waals surface area contributed by atoms with Gasteiger partial charge in [0.15, 0.2) is 22.3 Å². The van der Waals surface area contributed by atoms with Crippen LogP contribution in [0.1, 0.15) is 11.1 Å². The Morgan fingerprint density at radius 3 is 1.36 bits per heavy atom. The van der Waals surface area contributed by atoms with Crippen molar-refractivity contribution < 1.29 is 31.3 Å². The van der Waals surface area contributed by atoms with Crippen molar-refractivity contribution in [2.24, 2.45) is 0 Å². The third-order valence-electron chi connectivity index (χ3n) is 13.8. The van der Waals surface area contributed by atoms with Gasteiger partial charge in [-0.1, -0.05) is 103 Å². The first-order chi connectivity index (χ1) is 29.3. The Kier molecular flexibility index (Phi) is 7.33. The van der Waals surface area contributed by atoms with Gasteiger partial charge in [-0.25, -0.2) is 4.98 Å². The second kappa shape index (κ2) is 12.1. The van der Waals surface area contributed by atoms with Crippen LogP contribution in [0.15, 0.2) is 158 Å². The van der Waals surface area contributed by atoms with E-state index >= 15 is 26.3 Å². The average Bonchev–Trinajstić information content (AvgIpc) is 3.94. The highest BCUT2D eigenvalue weighted by Gasteiger charge is 2.61. The van der Waals surface area contributed by atoms with E-state index in [9.17, 15) is 0 Å². The summed E-state index contributed by atoms with van der Waals surface area (Å²) in [4.78, 5) is 8.48. The van der Waals surface area contributed by atoms with Gasteiger partial charge >= 0.3 is 12.4 Å². The third-order valence-corrected chi connectivity index (χ3v) is 26.7. The monoisotopic (exact) mass is 862 g/mol. The molecule has 0 amide bonds. The summed E-state index contributed by atoms with van der Waals surface area (Å²) < 4.78 is 93.6. The normalized spacial score (nSPS) is 15.5. The van der Waals surface area contributed by atoms with Crippen molar-refractivity contribution in [3.05, 3.63) is 169 Å². The molecule has 6 heterocycles. The summed E-state index contributed by atoms with van der Waals surface area (Å²) in [6.45, 7) is 3.80. The fraction of sp³-hybridized carbons (Fsp3) is 0.0800. The Balaban J connectivity index is 1.23. The van der Waals surface area contributed by atoms with E-state index in [2.05, 4.69) is 17.1 Å². The van der Waals surface area contributed by atoms with Crippen LogP contribution >= 0.6 is 7.26 Å². The molecule has 0 aliphatic carbocycles. The van der Waals surface area contributed by atoms with Crippen LogP contribution in [0, 0.1) is 0 Å². The second-order valence-corrected chi connectivity index (χ2v) is 28.0. The van der Waals surface area contributed by atoms with Gasteiger partial charge in [-0.2, -0.15) is 26.3 Å². The van der Waals surface area contributed by atoms with E-state index in [0.29, 0.717) is 37.8 Å². The molecule has 0 unspecified atom stereocenters. The van der Waals surface area contributed by atoms with Crippen molar-refractivity contribution in [1.29, 1.82) is 0 Å². The molecule has 2 aromatic heterocycles. The molecule has 8 aromatic rings. The number of rotatable bonds is 2. The topological polar surface area (TPSA) is 27.0 Å². The van der Waals surface area contributed by atoms with Crippen LogP contribution in [0.5, 0.6) is 0 Å². The van der Waals surface area contributed by atoms with Crippen LogP contribution in [0.25, 0.3) is 44.8 Å². The molecule has 0 radical (unpaired) electrons. The van der Waals surface area contributed by atoms with Crippen molar-refractivity contribution in [2.45, 2.75) is 12.4 Å². The molecule has 11 heteroatoms. The quantitative estimate of drug-likeness (QED) is 0.122. The maximum Gasteiger partial charge on any atom is 0.416 e. The lowest BCUT2D eigenvalue weighted by Gasteiger charge is -2.30. The molecular weight excluding hydrogens is 830 g/mol. The highest BCUT2D eigenvalue weighted by molar-refractivity contribution is 7.88. The van der Waals surface area contributed by atoms with Crippen LogP contribution in [0.2, 0.25) is 0 Å². The van der Waals surface area contributed by atoms with Crippen molar-refractivity contribution >= 4 is 75.5 Å². The number of halogens is 6. The zero-order valence-corrected chi connectivity index (χ0v) is 35.6. The Labute approximate surface area is 350 Å². The molecule has 2 nitrogen and oxygen atoms in total. The second-order valence-electron chi connectivity index (χ2n) is 16.8. The number of aromatic amines is 1. The van der Waals surface area contributed by atoms with Gasteiger partial charge < -0.3 is 0 Å². The summed E-state index contributed by atoms with van der Waals surface area (Å²) in [5, 5.41) is 7.81. The molecule has 2 spiro atoms. The lowest BCUT2D eigenvalue weighted by molar-refractivity contribution is -0.363. The summed E-state index contributed by atoms with van der Waals surface area (Å²) in [6.07, 6.45) is -6.02. The van der Waals surface area contributed by atoms with Crippen molar-refractivity contribution in [3.63, 3.8) is 0 Å². The van der Waals surface area contributed by atoms with Crippen LogP contribution in [-0.2, 0) is 12.4 Å². The Morgan fingerprint density at radius 1 is 0.459 bits per heavy atom. The number of benzene rings is 6. The molecule has 296 valence electrons. The largest absolute Gasteiger partial charge is 0.416 e. The highest BCUT2D eigenvalue weighted by atomic mass is 31.2. The van der Waals surface area contributed by atoms with Gasteiger partial charge in [0.2, 0.25) is 5.69 Å². The molecule has 4 aliphatic rings. The number of alkyl halides is 6. The van der Waals surface area contributed by atoms with Crippen LogP contribution in [-0.4, -0.2) is 34.5 Å². The Morgan fingerprint density at radius 2 is 0.869 bits per heavy atom. The summed E-state index contributed by atoms with van der Waals surface area (Å²) in [5.74, 6) is 0. The van der Waals surface area contributed by atoms with Gasteiger partial charge in [0.05, 0.1) is 43.0 Å². The molecule has 4 aliphatic heterocycles. The van der Waals surface area contributed by atoms with Gasteiger partial charge in [0.25, 0.3) is 0 Å². The van der Waals surface area contributed by atoms with Crippen LogP contribution < -0.4 is 57.1 Å². The Hall–Kier alpha value is -5.94. The van der Waals surface area contributed by atoms with Gasteiger partial charge in [0, 0.05) is 23.0 Å². The molecule has 0 saturated carbocycles. The van der Waals surface area contributed by atoms with E-state index in [4.69, 9.17) is 4.98 Å². The Bertz CT molecular complexity index is 2940. The number of nitrogens with zero attached hydrogens (tertiary/aromatic N) is 1. The number of fused-ring (bicyclic) bond motifs is 20. The maximum atomic E-state index is 15.6. The number of H-pyrrole nitrogens is 1. The van der Waals surface area contributed by atoms with E-state index < -0.39 is 46.9 Å². The number of pyridine rings is 2. The summed E-state index contributed by atoms with van der Waals surface area (Å²) >= 11 is 0. The number of hydrogen-bond donors (Lipinski definition) is 0. The first-order valence-electron chi connectivity index (χ1n) is 20.0. The third kappa shape index (κ3) is 4.52. The zero-order valence-electron chi connectivity index (χ0n) is 32.7. The van der Waals surface area contributed by atoms with Crippen molar-refractivity contribution in [1.82, 2.24) is 4.98 Å². The summed E-state index contributed by atoms with van der Waals surface area (Å²) in [7, 11) is -10.0. The fourth-order valence-electron chi connectivity index (χ4n) is 11.5. The van der Waals surface area contributed by atoms with Crippen molar-refractivity contribution in [2.75, 3.05) is 13.3 Å². The lowest BCUT2D eigenvalue weighted by Crippen LogP contribution is -2.71. The molecule has 61 heavy (non-hydrogen) atoms. The van der Waals surface area contributed by atoms with E-state index in [1.54, 1.807) is 12.4 Å². The van der Waals surface area contributed by atoms with E-state index in [0.717, 1.165) is 59.1 Å². The maximum absolute atomic E-state index is 15.6. The van der Waals surface area contributed by atoms with Crippen LogP contribution in [0.4, 0.5) is 26.3 Å². The molecule has 0 atom stereocenters. The van der Waals surface area contributed by atoms with Gasteiger partial charge in [-0.15, -0.1) is 0 Å². The molecular formula is C50H33F6N2PSi2+2. The predicted molar refractivity (Wildman–Crippen MR) is 238 cm³/mol. The van der Waals surface area contributed by atoms with E-state index in [1.807, 2.05) is 123 Å². The number of aromatic nitrogens is 2. The first-order valence-corrected chi connectivity index (χ1v) is 26.7.